The number of alkyl halides is 2. The van der Waals surface area contributed by atoms with Crippen LogP contribution in [-0.2, 0) is 10.1 Å². The highest BCUT2D eigenvalue weighted by molar-refractivity contribution is 7.86. The third kappa shape index (κ3) is 26.0. The van der Waals surface area contributed by atoms with Gasteiger partial charge in [0.2, 0.25) is 0 Å². The van der Waals surface area contributed by atoms with Crippen LogP contribution in [0, 0.1) is 0 Å². The summed E-state index contributed by atoms with van der Waals surface area (Å²) in [5, 5.41) is -1.27. The minimum Gasteiger partial charge on any atom is -0.285 e. The zero-order valence-electron chi connectivity index (χ0n) is 25.1. The molecule has 0 radical (unpaired) electrons. The van der Waals surface area contributed by atoms with E-state index in [9.17, 15) is 21.8 Å². The Morgan fingerprint density at radius 1 is 0.500 bits per heavy atom. The first-order chi connectivity index (χ1) is 18.4. The highest BCUT2D eigenvalue weighted by atomic mass is 32.2. The molecule has 2 atom stereocenters. The maximum absolute atomic E-state index is 14.6. The molecule has 38 heavy (non-hydrogen) atoms. The van der Waals surface area contributed by atoms with E-state index in [0.29, 0.717) is 19.3 Å². The highest BCUT2D eigenvalue weighted by Crippen LogP contribution is 2.23. The van der Waals surface area contributed by atoms with Gasteiger partial charge in [0, 0.05) is 0 Å². The molecule has 0 saturated carbocycles. The number of hydrogen-bond acceptors (Lipinski definition) is 2. The zero-order chi connectivity index (χ0) is 28.2. The molecule has 3 nitrogen and oxygen atoms in total. The van der Waals surface area contributed by atoms with Crippen LogP contribution in [0.4, 0.5) is 8.78 Å². The SMILES string of the molecule is CCCCCCCCCCCCCCCCCCCCC(C(F)CCCCCCCCCCF)S(=O)(=O)O. The van der Waals surface area contributed by atoms with Crippen LogP contribution in [-0.4, -0.2) is 31.1 Å². The normalized spacial score (nSPS) is 13.7. The van der Waals surface area contributed by atoms with Gasteiger partial charge in [0.25, 0.3) is 10.1 Å². The standard InChI is InChI=1S/C32H64F2O3S/c1-2-3-4-5-6-7-8-9-10-11-12-13-14-15-16-20-23-26-29-32(38(35,36)37)31(34)28-25-22-19-17-18-21-24-27-30-33/h31-32H,2-30H2,1H3,(H,35,36,37). The smallest absolute Gasteiger partial charge is 0.270 e. The van der Waals surface area contributed by atoms with Crippen LogP contribution < -0.4 is 0 Å². The molecule has 1 N–H and O–H groups in total. The largest absolute Gasteiger partial charge is 0.285 e. The molecule has 0 heterocycles. The van der Waals surface area contributed by atoms with Crippen molar-refractivity contribution in [2.24, 2.45) is 0 Å². The number of rotatable bonds is 31. The first-order valence-electron chi connectivity index (χ1n) is 16.6. The second-order valence-electron chi connectivity index (χ2n) is 11.7. The van der Waals surface area contributed by atoms with Crippen LogP contribution in [0.2, 0.25) is 0 Å². The molecule has 0 bridgehead atoms. The Balaban J connectivity index is 3.63. The quantitative estimate of drug-likeness (QED) is 0.0670. The fraction of sp³-hybridized carbons (Fsp3) is 1.00. The van der Waals surface area contributed by atoms with Gasteiger partial charge in [-0.2, -0.15) is 8.42 Å². The molecule has 0 aromatic carbocycles. The van der Waals surface area contributed by atoms with Gasteiger partial charge in [0.1, 0.15) is 11.4 Å². The summed E-state index contributed by atoms with van der Waals surface area (Å²) in [4.78, 5) is 0. The summed E-state index contributed by atoms with van der Waals surface area (Å²) in [7, 11) is -4.35. The molecule has 0 aromatic rings. The lowest BCUT2D eigenvalue weighted by molar-refractivity contribution is 0.271. The van der Waals surface area contributed by atoms with Crippen molar-refractivity contribution < 1.29 is 21.8 Å². The average molecular weight is 567 g/mol. The molecule has 0 aromatic heterocycles. The van der Waals surface area contributed by atoms with Gasteiger partial charge in [-0.05, 0) is 19.3 Å². The van der Waals surface area contributed by atoms with Gasteiger partial charge in [-0.25, -0.2) is 4.39 Å². The van der Waals surface area contributed by atoms with Crippen molar-refractivity contribution >= 4 is 10.1 Å². The number of hydrogen-bond donors (Lipinski definition) is 1. The van der Waals surface area contributed by atoms with E-state index in [1.54, 1.807) is 0 Å². The summed E-state index contributed by atoms with van der Waals surface area (Å²) in [6, 6.07) is 0. The van der Waals surface area contributed by atoms with E-state index >= 15 is 0 Å². The van der Waals surface area contributed by atoms with Gasteiger partial charge < -0.3 is 0 Å². The lowest BCUT2D eigenvalue weighted by Crippen LogP contribution is -2.31. The Bertz CT molecular complexity index is 571. The summed E-state index contributed by atoms with van der Waals surface area (Å²) in [6.07, 6.45) is 29.0. The van der Waals surface area contributed by atoms with E-state index in [1.807, 2.05) is 0 Å². The van der Waals surface area contributed by atoms with E-state index in [1.165, 1.54) is 89.9 Å². The molecule has 2 unspecified atom stereocenters. The minimum absolute atomic E-state index is 0.200. The van der Waals surface area contributed by atoms with Crippen molar-refractivity contribution in [1.29, 1.82) is 0 Å². The molecule has 0 rings (SSSR count). The molecular weight excluding hydrogens is 502 g/mol. The van der Waals surface area contributed by atoms with Crippen molar-refractivity contribution in [2.45, 2.75) is 198 Å². The Hall–Kier alpha value is -0.230. The Morgan fingerprint density at radius 3 is 1.11 bits per heavy atom. The minimum atomic E-state index is -4.35. The summed E-state index contributed by atoms with van der Waals surface area (Å²) in [5.74, 6) is 0. The lowest BCUT2D eigenvalue weighted by Gasteiger charge is -2.18. The molecule has 0 amide bonds. The van der Waals surface area contributed by atoms with Crippen LogP contribution in [0.1, 0.15) is 187 Å². The molecule has 0 aliphatic rings. The topological polar surface area (TPSA) is 54.4 Å². The van der Waals surface area contributed by atoms with Crippen molar-refractivity contribution in [3.63, 3.8) is 0 Å². The number of unbranched alkanes of at least 4 members (excludes halogenated alkanes) is 24. The van der Waals surface area contributed by atoms with Gasteiger partial charge in [-0.1, -0.05) is 167 Å². The molecule has 0 spiro atoms. The second kappa shape index (κ2) is 28.3. The molecule has 0 aliphatic carbocycles. The number of halogens is 2. The highest BCUT2D eigenvalue weighted by Gasteiger charge is 2.31. The maximum Gasteiger partial charge on any atom is 0.270 e. The van der Waals surface area contributed by atoms with Gasteiger partial charge in [-0.15, -0.1) is 0 Å². The summed E-state index contributed by atoms with van der Waals surface area (Å²) >= 11 is 0. The van der Waals surface area contributed by atoms with Crippen molar-refractivity contribution in [3.8, 4) is 0 Å². The van der Waals surface area contributed by atoms with Crippen LogP contribution in [0.3, 0.4) is 0 Å². The van der Waals surface area contributed by atoms with E-state index in [2.05, 4.69) is 6.92 Å². The molecule has 0 fully saturated rings. The monoisotopic (exact) mass is 566 g/mol. The van der Waals surface area contributed by atoms with Crippen LogP contribution in [0.25, 0.3) is 0 Å². The van der Waals surface area contributed by atoms with E-state index in [0.717, 1.165) is 57.8 Å². The van der Waals surface area contributed by atoms with Crippen molar-refractivity contribution in [1.82, 2.24) is 0 Å². The average Bonchev–Trinajstić information content (AvgIpc) is 2.88. The van der Waals surface area contributed by atoms with Gasteiger partial charge in [-0.3, -0.25) is 8.94 Å². The lowest BCUT2D eigenvalue weighted by atomic mass is 10.0. The third-order valence-electron chi connectivity index (χ3n) is 7.99. The third-order valence-corrected chi connectivity index (χ3v) is 9.29. The van der Waals surface area contributed by atoms with Gasteiger partial charge >= 0.3 is 0 Å². The molecular formula is C32H64F2O3S. The van der Waals surface area contributed by atoms with E-state index < -0.39 is 21.5 Å². The summed E-state index contributed by atoms with van der Waals surface area (Å²) in [5.41, 5.74) is 0. The first kappa shape index (κ1) is 37.8. The zero-order valence-corrected chi connectivity index (χ0v) is 25.9. The Labute approximate surface area is 236 Å². The Morgan fingerprint density at radius 2 is 0.789 bits per heavy atom. The molecule has 0 saturated heterocycles. The van der Waals surface area contributed by atoms with Crippen LogP contribution >= 0.6 is 0 Å². The maximum atomic E-state index is 14.6. The van der Waals surface area contributed by atoms with Gasteiger partial charge in [0.15, 0.2) is 0 Å². The van der Waals surface area contributed by atoms with Gasteiger partial charge in [0.05, 0.1) is 6.67 Å². The van der Waals surface area contributed by atoms with Crippen molar-refractivity contribution in [2.75, 3.05) is 6.67 Å². The van der Waals surface area contributed by atoms with Crippen molar-refractivity contribution in [3.05, 3.63) is 0 Å². The first-order valence-corrected chi connectivity index (χ1v) is 18.1. The van der Waals surface area contributed by atoms with Crippen LogP contribution in [0.5, 0.6) is 0 Å². The van der Waals surface area contributed by atoms with E-state index in [4.69, 9.17) is 0 Å². The predicted octanol–water partition coefficient (Wildman–Crippen LogP) is 11.5. The molecule has 0 aliphatic heterocycles. The predicted molar refractivity (Wildman–Crippen MR) is 161 cm³/mol. The van der Waals surface area contributed by atoms with E-state index in [-0.39, 0.29) is 19.5 Å². The van der Waals surface area contributed by atoms with Crippen LogP contribution in [0.15, 0.2) is 0 Å². The summed E-state index contributed by atoms with van der Waals surface area (Å²) in [6.45, 7) is 2.02. The fourth-order valence-corrected chi connectivity index (χ4v) is 6.42. The molecule has 230 valence electrons. The Kier molecular flexibility index (Phi) is 28.1. The fourth-order valence-electron chi connectivity index (χ4n) is 5.44. The second-order valence-corrected chi connectivity index (χ2v) is 13.3. The molecule has 6 heteroatoms. The summed E-state index contributed by atoms with van der Waals surface area (Å²) < 4.78 is 59.7.